The van der Waals surface area contributed by atoms with Crippen LogP contribution in [0.5, 0.6) is 11.5 Å². The van der Waals surface area contributed by atoms with Gasteiger partial charge in [0.05, 0.1) is 44.3 Å². The van der Waals surface area contributed by atoms with Crippen LogP contribution >= 0.6 is 0 Å². The van der Waals surface area contributed by atoms with Crippen molar-refractivity contribution in [2.24, 2.45) is 0 Å². The maximum Gasteiger partial charge on any atom is 0.227 e. The number of nitriles is 1. The van der Waals surface area contributed by atoms with Gasteiger partial charge in [0.15, 0.2) is 0 Å². The Labute approximate surface area is 257 Å². The first-order valence-electron chi connectivity index (χ1n) is 15.0. The molecule has 1 N–H and O–H groups in total. The van der Waals surface area contributed by atoms with Gasteiger partial charge in [-0.2, -0.15) is 5.26 Å². The molecule has 0 unspecified atom stereocenters. The number of methoxy groups -OCH3 is 1. The van der Waals surface area contributed by atoms with Crippen LogP contribution < -0.4 is 19.7 Å². The molecule has 1 atom stereocenters. The first kappa shape index (κ1) is 29.3. The maximum absolute atomic E-state index is 9.61. The highest BCUT2D eigenvalue weighted by Crippen LogP contribution is 2.33. The van der Waals surface area contributed by atoms with Crippen LogP contribution in [0.25, 0.3) is 11.1 Å². The van der Waals surface area contributed by atoms with E-state index in [0.29, 0.717) is 29.8 Å². The van der Waals surface area contributed by atoms with Crippen LogP contribution in [0.3, 0.4) is 0 Å². The van der Waals surface area contributed by atoms with Gasteiger partial charge in [0.2, 0.25) is 5.95 Å². The topological polar surface area (TPSA) is 126 Å². The average Bonchev–Trinajstić information content (AvgIpc) is 3.58. The van der Waals surface area contributed by atoms with Crippen LogP contribution in [-0.2, 0) is 11.3 Å². The number of aromatic nitrogens is 5. The van der Waals surface area contributed by atoms with Gasteiger partial charge in [0.25, 0.3) is 0 Å². The molecule has 0 aliphatic carbocycles. The van der Waals surface area contributed by atoms with Crippen LogP contribution in [-0.4, -0.2) is 88.5 Å². The number of hydrogen-bond acceptors (Lipinski definition) is 11. The van der Waals surface area contributed by atoms with E-state index in [1.54, 1.807) is 42.6 Å². The van der Waals surface area contributed by atoms with Gasteiger partial charge in [-0.05, 0) is 49.6 Å². The Hall–Kier alpha value is -4.73. The molecule has 2 saturated heterocycles. The molecule has 2 fully saturated rings. The molecule has 6 rings (SSSR count). The van der Waals surface area contributed by atoms with Crippen LogP contribution in [0.4, 0.5) is 17.3 Å². The molecule has 2 aliphatic heterocycles. The van der Waals surface area contributed by atoms with Crippen molar-refractivity contribution in [3.05, 3.63) is 66.7 Å². The zero-order valence-electron chi connectivity index (χ0n) is 25.1. The molecule has 0 radical (unpaired) electrons. The fraction of sp³-hybridized carbons (Fsp3) is 0.406. The summed E-state index contributed by atoms with van der Waals surface area (Å²) < 4.78 is 19.1. The predicted octanol–water partition coefficient (Wildman–Crippen LogP) is 4.13. The first-order chi connectivity index (χ1) is 21.6. The number of nitrogens with zero attached hydrogens (tertiary/aromatic N) is 8. The lowest BCUT2D eigenvalue weighted by Crippen LogP contribution is -2.49. The molecule has 12 nitrogen and oxygen atoms in total. The number of benzene rings is 2. The molecule has 12 heteroatoms. The fourth-order valence-corrected chi connectivity index (χ4v) is 5.81. The zero-order valence-corrected chi connectivity index (χ0v) is 25.1. The van der Waals surface area contributed by atoms with E-state index in [1.807, 2.05) is 25.1 Å². The Balaban J connectivity index is 1.10. The van der Waals surface area contributed by atoms with Crippen molar-refractivity contribution in [3.63, 3.8) is 0 Å². The molecule has 0 spiro atoms. The molecule has 2 aromatic carbocycles. The lowest BCUT2D eigenvalue weighted by atomic mass is 10.0. The van der Waals surface area contributed by atoms with E-state index in [2.05, 4.69) is 53.6 Å². The van der Waals surface area contributed by atoms with Crippen LogP contribution in [0, 0.1) is 11.3 Å². The maximum atomic E-state index is 9.61. The van der Waals surface area contributed by atoms with E-state index in [4.69, 9.17) is 14.2 Å². The summed E-state index contributed by atoms with van der Waals surface area (Å²) in [5.74, 6) is 1.69. The van der Waals surface area contributed by atoms with Crippen molar-refractivity contribution < 1.29 is 14.2 Å². The molecule has 4 heterocycles. The van der Waals surface area contributed by atoms with Crippen LogP contribution in [0.15, 0.2) is 61.2 Å². The van der Waals surface area contributed by atoms with E-state index in [-0.39, 0.29) is 6.10 Å². The number of ether oxygens (including phenoxy) is 3. The smallest absolute Gasteiger partial charge is 0.227 e. The number of morpholine rings is 1. The SMILES string of the molecule is COc1cc(N2CCC(N3CCOCC3)CC2)ccc1Nc1ncc(-c2ccc(C#N)c(O[C@@H](C)Cn3ccnn3)c2)cn1. The Morgan fingerprint density at radius 2 is 1.82 bits per heavy atom. The van der Waals surface area contributed by atoms with E-state index < -0.39 is 0 Å². The highest BCUT2D eigenvalue weighted by atomic mass is 16.5. The monoisotopic (exact) mass is 595 g/mol. The average molecular weight is 596 g/mol. The minimum Gasteiger partial charge on any atom is -0.494 e. The Morgan fingerprint density at radius 1 is 1.02 bits per heavy atom. The van der Waals surface area contributed by atoms with Gasteiger partial charge in [-0.3, -0.25) is 4.90 Å². The summed E-state index contributed by atoms with van der Waals surface area (Å²) in [6, 6.07) is 14.5. The fourth-order valence-electron chi connectivity index (χ4n) is 5.81. The second kappa shape index (κ2) is 13.7. The summed E-state index contributed by atoms with van der Waals surface area (Å²) in [5, 5.41) is 20.7. The quantitative estimate of drug-likeness (QED) is 0.284. The van der Waals surface area contributed by atoms with Gasteiger partial charge in [-0.1, -0.05) is 11.3 Å². The number of nitrogens with one attached hydrogen (secondary N) is 1. The number of hydrogen-bond donors (Lipinski definition) is 1. The van der Waals surface area contributed by atoms with Crippen molar-refractivity contribution in [2.45, 2.75) is 38.5 Å². The number of anilines is 3. The number of rotatable bonds is 10. The molecule has 2 aliphatic rings. The molecule has 44 heavy (non-hydrogen) atoms. The second-order valence-electron chi connectivity index (χ2n) is 11.0. The van der Waals surface area contributed by atoms with Gasteiger partial charge in [-0.25, -0.2) is 14.6 Å². The largest absolute Gasteiger partial charge is 0.494 e. The minimum absolute atomic E-state index is 0.217. The zero-order chi connectivity index (χ0) is 30.3. The highest BCUT2D eigenvalue weighted by molar-refractivity contribution is 5.70. The Morgan fingerprint density at radius 3 is 2.52 bits per heavy atom. The van der Waals surface area contributed by atoms with Gasteiger partial charge in [0.1, 0.15) is 23.7 Å². The standard InChI is InChI=1S/C32H37N9O3/c1-23(22-41-12-9-36-38-41)44-30-17-24(3-4-25(30)19-33)26-20-34-32(35-21-26)37-29-6-5-28(18-31(29)42-2)39-10-7-27(8-11-39)40-13-15-43-16-14-40/h3-6,9,12,17-18,20-21,23,27H,7-8,10-11,13-16,22H2,1-2H3,(H,34,35,37)/t23-/m0/s1. The van der Waals surface area contributed by atoms with Gasteiger partial charge in [0, 0.05) is 68.1 Å². The first-order valence-corrected chi connectivity index (χ1v) is 15.0. The van der Waals surface area contributed by atoms with E-state index in [1.165, 1.54) is 0 Å². The molecule has 228 valence electrons. The lowest BCUT2D eigenvalue weighted by molar-refractivity contribution is 0.0115. The van der Waals surface area contributed by atoms with E-state index in [0.717, 1.165) is 80.5 Å². The molecular formula is C32H37N9O3. The Bertz CT molecular complexity index is 1560. The van der Waals surface area contributed by atoms with Gasteiger partial charge < -0.3 is 24.4 Å². The third-order valence-electron chi connectivity index (χ3n) is 8.15. The predicted molar refractivity (Wildman–Crippen MR) is 166 cm³/mol. The number of piperidine rings is 1. The third-order valence-corrected chi connectivity index (χ3v) is 8.15. The highest BCUT2D eigenvalue weighted by Gasteiger charge is 2.26. The summed E-state index contributed by atoms with van der Waals surface area (Å²) in [5.41, 5.74) is 4.05. The van der Waals surface area contributed by atoms with Gasteiger partial charge in [-0.15, -0.1) is 5.10 Å². The molecule has 2 aromatic heterocycles. The molecule has 0 amide bonds. The summed E-state index contributed by atoms with van der Waals surface area (Å²) in [4.78, 5) is 14.1. The van der Waals surface area contributed by atoms with E-state index in [9.17, 15) is 5.26 Å². The van der Waals surface area contributed by atoms with Crippen molar-refractivity contribution in [1.29, 1.82) is 5.26 Å². The van der Waals surface area contributed by atoms with Crippen LogP contribution in [0.2, 0.25) is 0 Å². The van der Waals surface area contributed by atoms with Crippen molar-refractivity contribution in [3.8, 4) is 28.7 Å². The summed E-state index contributed by atoms with van der Waals surface area (Å²) in [7, 11) is 1.68. The molecular weight excluding hydrogens is 558 g/mol. The van der Waals surface area contributed by atoms with Crippen LogP contribution in [0.1, 0.15) is 25.3 Å². The molecule has 4 aromatic rings. The van der Waals surface area contributed by atoms with Crippen molar-refractivity contribution in [2.75, 3.05) is 56.7 Å². The van der Waals surface area contributed by atoms with E-state index >= 15 is 0 Å². The normalized spacial score (nSPS) is 16.7. The lowest BCUT2D eigenvalue weighted by Gasteiger charge is -2.40. The van der Waals surface area contributed by atoms with Crippen molar-refractivity contribution in [1.82, 2.24) is 29.9 Å². The summed E-state index contributed by atoms with van der Waals surface area (Å²) in [6.07, 6.45) is 8.97. The third kappa shape index (κ3) is 6.90. The molecule has 0 saturated carbocycles. The Kier molecular flexibility index (Phi) is 9.14. The van der Waals surface area contributed by atoms with Gasteiger partial charge >= 0.3 is 0 Å². The summed E-state index contributed by atoms with van der Waals surface area (Å²) >= 11 is 0. The second-order valence-corrected chi connectivity index (χ2v) is 11.0. The van der Waals surface area contributed by atoms with Crippen molar-refractivity contribution >= 4 is 17.3 Å². The summed E-state index contributed by atoms with van der Waals surface area (Å²) in [6.45, 7) is 8.23. The minimum atomic E-state index is -0.217. The molecule has 0 bridgehead atoms.